The summed E-state index contributed by atoms with van der Waals surface area (Å²) in [5, 5.41) is 0. The van der Waals surface area contributed by atoms with Crippen molar-refractivity contribution in [2.75, 3.05) is 39.3 Å². The molecule has 1 amide bonds. The van der Waals surface area contributed by atoms with Crippen LogP contribution in [0.4, 0.5) is 0 Å². The van der Waals surface area contributed by atoms with Crippen LogP contribution in [0.15, 0.2) is 25.3 Å². The highest BCUT2D eigenvalue weighted by Gasteiger charge is 2.30. The molecule has 0 aromatic rings. The molecule has 1 aliphatic carbocycles. The van der Waals surface area contributed by atoms with Crippen molar-refractivity contribution in [2.45, 2.75) is 51.1 Å². The fourth-order valence-corrected chi connectivity index (χ4v) is 3.92. The lowest BCUT2D eigenvalue weighted by Gasteiger charge is -2.42. The van der Waals surface area contributed by atoms with Gasteiger partial charge in [-0.1, -0.05) is 31.4 Å². The first-order valence-electron chi connectivity index (χ1n) is 9.16. The van der Waals surface area contributed by atoms with Gasteiger partial charge >= 0.3 is 0 Å². The van der Waals surface area contributed by atoms with E-state index < -0.39 is 0 Å². The van der Waals surface area contributed by atoms with E-state index in [0.29, 0.717) is 13.1 Å². The molecule has 0 aromatic heterocycles. The predicted molar refractivity (Wildman–Crippen MR) is 96.5 cm³/mol. The van der Waals surface area contributed by atoms with Gasteiger partial charge in [0.1, 0.15) is 0 Å². The number of amides is 1. The van der Waals surface area contributed by atoms with Gasteiger partial charge in [-0.3, -0.25) is 14.6 Å². The zero-order chi connectivity index (χ0) is 16.7. The number of nitrogens with zero attached hydrogens (tertiary/aromatic N) is 3. The standard InChI is InChI=1S/C19H33N3O/c1-4-11-22(12-5-2)19(23)17(3)20-13-15-21(16-14-20)18-9-7-6-8-10-18/h4-5,17-18H,1-2,6-16H2,3H3/t17-/m0/s1. The molecule has 130 valence electrons. The monoisotopic (exact) mass is 319 g/mol. The predicted octanol–water partition coefficient (Wildman–Crippen LogP) is 2.53. The third kappa shape index (κ3) is 4.92. The van der Waals surface area contributed by atoms with Crippen molar-refractivity contribution in [3.63, 3.8) is 0 Å². The van der Waals surface area contributed by atoms with Gasteiger partial charge in [-0.05, 0) is 19.8 Å². The van der Waals surface area contributed by atoms with E-state index in [9.17, 15) is 4.79 Å². The lowest BCUT2D eigenvalue weighted by molar-refractivity contribution is -0.136. The molecule has 4 heteroatoms. The van der Waals surface area contributed by atoms with Crippen LogP contribution >= 0.6 is 0 Å². The first kappa shape index (κ1) is 18.2. The van der Waals surface area contributed by atoms with Gasteiger partial charge in [0.25, 0.3) is 0 Å². The molecule has 2 rings (SSSR count). The topological polar surface area (TPSA) is 26.8 Å². The van der Waals surface area contributed by atoms with Gasteiger partial charge in [-0.15, -0.1) is 13.2 Å². The van der Waals surface area contributed by atoms with Crippen molar-refractivity contribution >= 4 is 5.91 Å². The molecular weight excluding hydrogens is 286 g/mol. The lowest BCUT2D eigenvalue weighted by Crippen LogP contribution is -2.56. The molecule has 1 saturated heterocycles. The highest BCUT2D eigenvalue weighted by Crippen LogP contribution is 2.24. The maximum Gasteiger partial charge on any atom is 0.240 e. The summed E-state index contributed by atoms with van der Waals surface area (Å²) in [7, 11) is 0. The van der Waals surface area contributed by atoms with E-state index in [-0.39, 0.29) is 11.9 Å². The van der Waals surface area contributed by atoms with Gasteiger partial charge < -0.3 is 4.90 Å². The summed E-state index contributed by atoms with van der Waals surface area (Å²) in [6, 6.07) is 0.735. The number of rotatable bonds is 7. The SMILES string of the molecule is C=CCN(CC=C)C(=O)[C@H](C)N1CCN(C2CCCCC2)CC1. The third-order valence-electron chi connectivity index (χ3n) is 5.36. The number of carbonyl (C=O) groups excluding carboxylic acids is 1. The second-order valence-electron chi connectivity index (χ2n) is 6.86. The van der Waals surface area contributed by atoms with E-state index in [4.69, 9.17) is 0 Å². The zero-order valence-electron chi connectivity index (χ0n) is 14.8. The van der Waals surface area contributed by atoms with Crippen molar-refractivity contribution in [1.82, 2.24) is 14.7 Å². The summed E-state index contributed by atoms with van der Waals surface area (Å²) in [5.74, 6) is 0.191. The molecule has 0 bridgehead atoms. The quantitative estimate of drug-likeness (QED) is 0.675. The molecular formula is C19H33N3O. The molecule has 23 heavy (non-hydrogen) atoms. The number of hydrogen-bond acceptors (Lipinski definition) is 3. The Morgan fingerprint density at radius 3 is 2.17 bits per heavy atom. The Bertz CT molecular complexity index is 385. The summed E-state index contributed by atoms with van der Waals surface area (Å²) < 4.78 is 0. The van der Waals surface area contributed by atoms with Crippen molar-refractivity contribution in [2.24, 2.45) is 0 Å². The summed E-state index contributed by atoms with van der Waals surface area (Å²) in [5.41, 5.74) is 0. The first-order valence-corrected chi connectivity index (χ1v) is 9.16. The van der Waals surface area contributed by atoms with Crippen molar-refractivity contribution in [3.05, 3.63) is 25.3 Å². The van der Waals surface area contributed by atoms with E-state index >= 15 is 0 Å². The second kappa shape index (κ2) is 9.24. The van der Waals surface area contributed by atoms with Gasteiger partial charge in [0.05, 0.1) is 6.04 Å². The molecule has 0 aromatic carbocycles. The molecule has 4 nitrogen and oxygen atoms in total. The summed E-state index contributed by atoms with van der Waals surface area (Å²) in [6.07, 6.45) is 10.5. The molecule has 1 aliphatic heterocycles. The van der Waals surface area contributed by atoms with Crippen LogP contribution in [0.3, 0.4) is 0 Å². The molecule has 0 N–H and O–H groups in total. The van der Waals surface area contributed by atoms with Crippen LogP contribution < -0.4 is 0 Å². The van der Waals surface area contributed by atoms with Crippen molar-refractivity contribution in [3.8, 4) is 0 Å². The first-order chi connectivity index (χ1) is 11.2. The van der Waals surface area contributed by atoms with Crippen LogP contribution in [-0.2, 0) is 4.79 Å². The van der Waals surface area contributed by atoms with Crippen molar-refractivity contribution < 1.29 is 4.79 Å². The summed E-state index contributed by atoms with van der Waals surface area (Å²) in [6.45, 7) is 14.9. The van der Waals surface area contributed by atoms with E-state index in [0.717, 1.165) is 32.2 Å². The van der Waals surface area contributed by atoms with Gasteiger partial charge in [0.2, 0.25) is 5.91 Å². The zero-order valence-corrected chi connectivity index (χ0v) is 14.8. The highest BCUT2D eigenvalue weighted by atomic mass is 16.2. The molecule has 0 spiro atoms. The summed E-state index contributed by atoms with van der Waals surface area (Å²) >= 11 is 0. The number of hydrogen-bond donors (Lipinski definition) is 0. The average molecular weight is 319 g/mol. The smallest absolute Gasteiger partial charge is 0.240 e. The molecule has 0 radical (unpaired) electrons. The van der Waals surface area contributed by atoms with E-state index in [2.05, 4.69) is 23.0 Å². The Hall–Kier alpha value is -1.13. The normalized spacial score (nSPS) is 22.5. The minimum absolute atomic E-state index is 0.0524. The second-order valence-corrected chi connectivity index (χ2v) is 6.86. The van der Waals surface area contributed by atoms with Crippen molar-refractivity contribution in [1.29, 1.82) is 0 Å². The van der Waals surface area contributed by atoms with Gasteiger partial charge in [0.15, 0.2) is 0 Å². The highest BCUT2D eigenvalue weighted by molar-refractivity contribution is 5.81. The Morgan fingerprint density at radius 2 is 1.65 bits per heavy atom. The Labute approximate surface area is 141 Å². The van der Waals surface area contributed by atoms with Gasteiger partial charge in [-0.2, -0.15) is 0 Å². The molecule has 1 heterocycles. The minimum Gasteiger partial charge on any atom is -0.334 e. The third-order valence-corrected chi connectivity index (χ3v) is 5.36. The molecule has 1 atom stereocenters. The fraction of sp³-hybridized carbons (Fsp3) is 0.737. The maximum atomic E-state index is 12.7. The largest absolute Gasteiger partial charge is 0.334 e. The van der Waals surface area contributed by atoms with Gasteiger partial charge in [0, 0.05) is 45.3 Å². The Morgan fingerprint density at radius 1 is 1.09 bits per heavy atom. The van der Waals surface area contributed by atoms with E-state index in [1.54, 1.807) is 12.2 Å². The number of piperazine rings is 1. The number of carbonyl (C=O) groups is 1. The molecule has 0 unspecified atom stereocenters. The molecule has 2 aliphatic rings. The van der Waals surface area contributed by atoms with Crippen LogP contribution in [0.25, 0.3) is 0 Å². The van der Waals surface area contributed by atoms with E-state index in [1.807, 2.05) is 11.8 Å². The molecule has 1 saturated carbocycles. The van der Waals surface area contributed by atoms with Gasteiger partial charge in [-0.25, -0.2) is 0 Å². The van der Waals surface area contributed by atoms with E-state index in [1.165, 1.54) is 32.1 Å². The summed E-state index contributed by atoms with van der Waals surface area (Å²) in [4.78, 5) is 19.5. The van der Waals surface area contributed by atoms with Crippen LogP contribution in [0, 0.1) is 0 Å². The van der Waals surface area contributed by atoms with Crippen LogP contribution in [-0.4, -0.2) is 72.0 Å². The maximum absolute atomic E-state index is 12.7. The fourth-order valence-electron chi connectivity index (χ4n) is 3.92. The Balaban J connectivity index is 1.84. The van der Waals surface area contributed by atoms with Crippen LogP contribution in [0.2, 0.25) is 0 Å². The Kier molecular flexibility index (Phi) is 7.31. The van der Waals surface area contributed by atoms with Crippen LogP contribution in [0.1, 0.15) is 39.0 Å². The minimum atomic E-state index is -0.0524. The lowest BCUT2D eigenvalue weighted by atomic mass is 9.93. The molecule has 2 fully saturated rings. The average Bonchev–Trinajstić information content (AvgIpc) is 2.61. The van der Waals surface area contributed by atoms with Crippen LogP contribution in [0.5, 0.6) is 0 Å².